The number of fused-ring (bicyclic) bond motifs is 3. The van der Waals surface area contributed by atoms with Gasteiger partial charge in [0.25, 0.3) is 0 Å². The average molecular weight is 155 g/mol. The highest BCUT2D eigenvalue weighted by Crippen LogP contribution is 2.41. The highest BCUT2D eigenvalue weighted by Gasteiger charge is 2.43. The second kappa shape index (κ2) is 2.20. The maximum absolute atomic E-state index is 11.9. The van der Waals surface area contributed by atoms with Crippen LogP contribution in [-0.2, 0) is 0 Å². The van der Waals surface area contributed by atoms with Gasteiger partial charge in [-0.3, -0.25) is 0 Å². The van der Waals surface area contributed by atoms with Gasteiger partial charge in [0.15, 0.2) is 0 Å². The summed E-state index contributed by atoms with van der Waals surface area (Å²) in [6.45, 7) is 3.12. The minimum atomic E-state index is 0.0475. The molecule has 3 fully saturated rings. The number of hydrogen-bond donors (Lipinski definition) is 0. The minimum absolute atomic E-state index is 0.0475. The molecule has 0 N–H and O–H groups in total. The Hall–Kier alpha value is -0.0800. The molecule has 2 heterocycles. The number of nitrogens with zero attached hydrogens (tertiary/aromatic N) is 1. The maximum Gasteiger partial charge on any atom is 0.0911 e. The first-order valence-electron chi connectivity index (χ1n) is 4.66. The van der Waals surface area contributed by atoms with Crippen LogP contribution in [-0.4, -0.2) is 24.3 Å². The fraction of sp³-hybridized carbons (Fsp3) is 1.00. The zero-order valence-corrected chi connectivity index (χ0v) is 7.42. The van der Waals surface area contributed by atoms with Crippen molar-refractivity contribution in [2.75, 3.05) is 13.6 Å². The summed E-state index contributed by atoms with van der Waals surface area (Å²) in [7, 11) is 1.85. The molecular weight excluding hydrogens is 138 g/mol. The summed E-state index contributed by atoms with van der Waals surface area (Å²) < 4.78 is 0.0475. The molecule has 2 nitrogen and oxygen atoms in total. The second-order valence-corrected chi connectivity index (χ2v) is 4.58. The normalized spacial score (nSPS) is 56.5. The van der Waals surface area contributed by atoms with Gasteiger partial charge in [0.1, 0.15) is 0 Å². The Morgan fingerprint density at radius 3 is 2.45 bits per heavy atom. The van der Waals surface area contributed by atoms with Gasteiger partial charge in [-0.05, 0) is 12.8 Å². The quantitative estimate of drug-likeness (QED) is 0.386. The van der Waals surface area contributed by atoms with Crippen LogP contribution in [0, 0.1) is 17.0 Å². The van der Waals surface area contributed by atoms with Crippen LogP contribution >= 0.6 is 0 Å². The summed E-state index contributed by atoms with van der Waals surface area (Å²) in [6.07, 6.45) is 3.79. The highest BCUT2D eigenvalue weighted by atomic mass is 16.5. The predicted molar refractivity (Wildman–Crippen MR) is 44.7 cm³/mol. The summed E-state index contributed by atoms with van der Waals surface area (Å²) in [4.78, 5) is 0. The molecule has 2 saturated heterocycles. The molecule has 0 aromatic rings. The fourth-order valence-electron chi connectivity index (χ4n) is 3.12. The number of hydroxylamine groups is 3. The van der Waals surface area contributed by atoms with Crippen LogP contribution in [0.2, 0.25) is 0 Å². The number of rotatable bonds is 0. The monoisotopic (exact) mass is 155 g/mol. The summed E-state index contributed by atoms with van der Waals surface area (Å²) in [5, 5.41) is 11.9. The Morgan fingerprint density at radius 1 is 1.36 bits per heavy atom. The van der Waals surface area contributed by atoms with E-state index in [1.807, 2.05) is 7.05 Å². The Bertz CT molecular complexity index is 167. The molecule has 4 unspecified atom stereocenters. The lowest BCUT2D eigenvalue weighted by Crippen LogP contribution is -2.60. The van der Waals surface area contributed by atoms with Crippen molar-refractivity contribution >= 4 is 0 Å². The van der Waals surface area contributed by atoms with E-state index in [1.54, 1.807) is 0 Å². The fourth-order valence-corrected chi connectivity index (χ4v) is 3.12. The summed E-state index contributed by atoms with van der Waals surface area (Å²) >= 11 is 0. The number of piperidine rings is 2. The Labute approximate surface area is 68.4 Å². The molecule has 0 spiro atoms. The minimum Gasteiger partial charge on any atom is -0.633 e. The van der Waals surface area contributed by atoms with Crippen molar-refractivity contribution in [1.82, 2.24) is 0 Å². The topological polar surface area (TPSA) is 23.1 Å². The van der Waals surface area contributed by atoms with Crippen LogP contribution in [0.25, 0.3) is 0 Å². The van der Waals surface area contributed by atoms with Crippen LogP contribution in [0.15, 0.2) is 0 Å². The largest absolute Gasteiger partial charge is 0.633 e. The third-order valence-corrected chi connectivity index (χ3v) is 3.55. The SMILES string of the molecule is CC1CC2CCC1[N+](C)([O-])C2. The molecule has 1 aliphatic carbocycles. The Balaban J connectivity index is 2.20. The van der Waals surface area contributed by atoms with E-state index < -0.39 is 0 Å². The van der Waals surface area contributed by atoms with E-state index in [2.05, 4.69) is 6.92 Å². The van der Waals surface area contributed by atoms with Crippen molar-refractivity contribution in [2.45, 2.75) is 32.2 Å². The van der Waals surface area contributed by atoms with Crippen molar-refractivity contribution in [3.8, 4) is 0 Å². The van der Waals surface area contributed by atoms with E-state index in [0.717, 1.165) is 12.5 Å². The van der Waals surface area contributed by atoms with Gasteiger partial charge < -0.3 is 9.85 Å². The van der Waals surface area contributed by atoms with E-state index in [1.165, 1.54) is 19.3 Å². The Kier molecular flexibility index (Phi) is 1.52. The second-order valence-electron chi connectivity index (χ2n) is 4.58. The van der Waals surface area contributed by atoms with E-state index >= 15 is 0 Å². The molecule has 4 atom stereocenters. The molecule has 0 aromatic carbocycles. The molecule has 3 aliphatic rings. The van der Waals surface area contributed by atoms with Gasteiger partial charge in [0, 0.05) is 18.3 Å². The van der Waals surface area contributed by atoms with Crippen LogP contribution < -0.4 is 0 Å². The lowest BCUT2D eigenvalue weighted by molar-refractivity contribution is -0.906. The van der Waals surface area contributed by atoms with Gasteiger partial charge in [0.05, 0.1) is 19.6 Å². The molecule has 2 bridgehead atoms. The van der Waals surface area contributed by atoms with Crippen LogP contribution in [0.1, 0.15) is 26.2 Å². The smallest absolute Gasteiger partial charge is 0.0911 e. The van der Waals surface area contributed by atoms with Gasteiger partial charge in [0.2, 0.25) is 0 Å². The number of hydrogen-bond acceptors (Lipinski definition) is 1. The van der Waals surface area contributed by atoms with E-state index in [-0.39, 0.29) is 4.65 Å². The van der Waals surface area contributed by atoms with Gasteiger partial charge in [-0.25, -0.2) is 0 Å². The van der Waals surface area contributed by atoms with Gasteiger partial charge in [-0.15, -0.1) is 0 Å². The first kappa shape index (κ1) is 7.56. The molecule has 2 aliphatic heterocycles. The third kappa shape index (κ3) is 1.09. The summed E-state index contributed by atoms with van der Waals surface area (Å²) in [5.41, 5.74) is 0. The highest BCUT2D eigenvalue weighted by molar-refractivity contribution is 4.84. The van der Waals surface area contributed by atoms with Gasteiger partial charge in [-0.1, -0.05) is 6.92 Å². The standard InChI is InChI=1S/C9H17NO/c1-7-5-8-3-4-9(7)10(2,11)6-8/h7-9H,3-6H2,1-2H3. The lowest BCUT2D eigenvalue weighted by Gasteiger charge is -2.57. The molecule has 1 saturated carbocycles. The molecule has 11 heavy (non-hydrogen) atoms. The van der Waals surface area contributed by atoms with Crippen molar-refractivity contribution in [1.29, 1.82) is 0 Å². The lowest BCUT2D eigenvalue weighted by atomic mass is 9.73. The maximum atomic E-state index is 11.9. The van der Waals surface area contributed by atoms with Crippen LogP contribution in [0.4, 0.5) is 0 Å². The molecule has 3 rings (SSSR count). The predicted octanol–water partition coefficient (Wildman–Crippen LogP) is 1.75. The van der Waals surface area contributed by atoms with E-state index in [0.29, 0.717) is 12.0 Å². The van der Waals surface area contributed by atoms with Crippen LogP contribution in [0.5, 0.6) is 0 Å². The van der Waals surface area contributed by atoms with Crippen molar-refractivity contribution < 1.29 is 4.65 Å². The zero-order valence-electron chi connectivity index (χ0n) is 7.42. The molecule has 0 aromatic heterocycles. The summed E-state index contributed by atoms with van der Waals surface area (Å²) in [5.74, 6) is 1.41. The molecular formula is C9H17NO. The summed E-state index contributed by atoms with van der Waals surface area (Å²) in [6, 6.07) is 0.417. The van der Waals surface area contributed by atoms with Gasteiger partial charge in [-0.2, -0.15) is 0 Å². The third-order valence-electron chi connectivity index (χ3n) is 3.55. The van der Waals surface area contributed by atoms with E-state index in [4.69, 9.17) is 0 Å². The Morgan fingerprint density at radius 2 is 2.09 bits per heavy atom. The van der Waals surface area contributed by atoms with Crippen LogP contribution in [0.3, 0.4) is 0 Å². The first-order chi connectivity index (χ1) is 5.09. The molecule has 0 radical (unpaired) electrons. The molecule has 64 valence electrons. The molecule has 2 heteroatoms. The van der Waals surface area contributed by atoms with Crippen molar-refractivity contribution in [3.05, 3.63) is 5.21 Å². The van der Waals surface area contributed by atoms with Gasteiger partial charge >= 0.3 is 0 Å². The first-order valence-corrected chi connectivity index (χ1v) is 4.66. The number of quaternary nitrogens is 1. The van der Waals surface area contributed by atoms with Crippen molar-refractivity contribution in [3.63, 3.8) is 0 Å². The zero-order chi connectivity index (χ0) is 8.06. The average Bonchev–Trinajstić information content (AvgIpc) is 1.83. The van der Waals surface area contributed by atoms with E-state index in [9.17, 15) is 5.21 Å². The van der Waals surface area contributed by atoms with Crippen molar-refractivity contribution in [2.24, 2.45) is 11.8 Å². The molecule has 0 amide bonds.